The van der Waals surface area contributed by atoms with Crippen LogP contribution in [0.3, 0.4) is 0 Å². The van der Waals surface area contributed by atoms with Gasteiger partial charge in [0.15, 0.2) is 0 Å². The molecule has 1 aliphatic rings. The molecule has 1 aliphatic heterocycles. The number of anilines is 2. The number of carbonyl (C=O) groups is 2. The van der Waals surface area contributed by atoms with Crippen molar-refractivity contribution in [2.75, 3.05) is 36.4 Å². The molecule has 1 aromatic carbocycles. The van der Waals surface area contributed by atoms with E-state index in [0.717, 1.165) is 37.9 Å². The molecule has 0 aliphatic carbocycles. The molecule has 0 bridgehead atoms. The minimum Gasteiger partial charge on any atom is -0.545 e. The zero-order valence-electron chi connectivity index (χ0n) is 13.5. The van der Waals surface area contributed by atoms with Gasteiger partial charge >= 0.3 is 0 Å². The number of aliphatic carboxylic acids is 1. The van der Waals surface area contributed by atoms with Gasteiger partial charge in [-0.2, -0.15) is 0 Å². The number of piperazine rings is 1. The molecule has 124 valence electrons. The summed E-state index contributed by atoms with van der Waals surface area (Å²) in [6.45, 7) is 8.80. The van der Waals surface area contributed by atoms with Gasteiger partial charge in [-0.1, -0.05) is 0 Å². The molecule has 0 radical (unpaired) electrons. The van der Waals surface area contributed by atoms with Crippen molar-refractivity contribution < 1.29 is 19.6 Å². The van der Waals surface area contributed by atoms with Gasteiger partial charge in [0.2, 0.25) is 5.91 Å². The number of carbonyl (C=O) groups excluding carboxylic acids is 2. The molecule has 23 heavy (non-hydrogen) atoms. The Balaban J connectivity index is 1.90. The molecule has 0 atom stereocenters. The van der Waals surface area contributed by atoms with E-state index in [4.69, 9.17) is 0 Å². The van der Waals surface area contributed by atoms with Crippen molar-refractivity contribution in [2.45, 2.75) is 19.9 Å². The number of hydrogen-bond acceptors (Lipinski definition) is 4. The number of nitrogens with one attached hydrogen (secondary N) is 2. The smallest absolute Gasteiger partial charge is 0.248 e. The molecule has 6 heteroatoms. The Morgan fingerprint density at radius 3 is 2.30 bits per heavy atom. The summed E-state index contributed by atoms with van der Waals surface area (Å²) >= 11 is 0. The van der Waals surface area contributed by atoms with Gasteiger partial charge < -0.3 is 25.0 Å². The highest BCUT2D eigenvalue weighted by molar-refractivity contribution is 6.02. The summed E-state index contributed by atoms with van der Waals surface area (Å²) in [4.78, 5) is 25.7. The van der Waals surface area contributed by atoms with Crippen LogP contribution in [0.2, 0.25) is 0 Å². The summed E-state index contributed by atoms with van der Waals surface area (Å²) in [6, 6.07) is 8.24. The highest BCUT2D eigenvalue weighted by Gasteiger charge is 2.21. The van der Waals surface area contributed by atoms with Crippen LogP contribution in [-0.4, -0.2) is 44.1 Å². The minimum absolute atomic E-state index is 0.490. The molecule has 1 fully saturated rings. The maximum absolute atomic E-state index is 11.5. The predicted molar refractivity (Wildman–Crippen MR) is 87.3 cm³/mol. The summed E-state index contributed by atoms with van der Waals surface area (Å²) in [5.41, 5.74) is 1.77. The molecular weight excluding hydrogens is 294 g/mol. The third-order valence-electron chi connectivity index (χ3n) is 4.09. The lowest BCUT2D eigenvalue weighted by Crippen LogP contribution is -3.17. The first-order valence-electron chi connectivity index (χ1n) is 7.85. The monoisotopic (exact) mass is 317 g/mol. The largest absolute Gasteiger partial charge is 0.545 e. The lowest BCUT2D eigenvalue weighted by molar-refractivity contribution is -0.921. The topological polar surface area (TPSA) is 76.9 Å². The SMILES string of the molecule is CC(C)[NH+]1CCN(c2ccc(NC(=O)/C=C\C(=O)[O-])cc2)CC1. The highest BCUT2D eigenvalue weighted by atomic mass is 16.4. The molecule has 1 heterocycles. The molecule has 1 aromatic rings. The van der Waals surface area contributed by atoms with Crippen molar-refractivity contribution in [2.24, 2.45) is 0 Å². The first-order valence-corrected chi connectivity index (χ1v) is 7.85. The second-order valence-corrected chi connectivity index (χ2v) is 5.99. The van der Waals surface area contributed by atoms with Gasteiger partial charge in [0.25, 0.3) is 0 Å². The number of hydrogen-bond donors (Lipinski definition) is 2. The maximum atomic E-state index is 11.5. The lowest BCUT2D eigenvalue weighted by atomic mass is 10.2. The fourth-order valence-corrected chi connectivity index (χ4v) is 2.71. The Labute approximate surface area is 136 Å². The molecule has 1 amide bonds. The average molecular weight is 317 g/mol. The van der Waals surface area contributed by atoms with Crippen molar-refractivity contribution in [1.29, 1.82) is 0 Å². The van der Waals surface area contributed by atoms with Crippen LogP contribution in [0.4, 0.5) is 11.4 Å². The molecule has 0 saturated carbocycles. The number of carboxylic acid groups (broad SMARTS) is 1. The summed E-state index contributed by atoms with van der Waals surface area (Å²) < 4.78 is 0. The number of rotatable bonds is 5. The van der Waals surface area contributed by atoms with Gasteiger partial charge in [0.05, 0.1) is 38.2 Å². The minimum atomic E-state index is -1.39. The summed E-state index contributed by atoms with van der Waals surface area (Å²) in [7, 11) is 0. The third-order valence-corrected chi connectivity index (χ3v) is 4.09. The van der Waals surface area contributed by atoms with Crippen molar-refractivity contribution in [3.05, 3.63) is 36.4 Å². The van der Waals surface area contributed by atoms with Crippen LogP contribution in [0.1, 0.15) is 13.8 Å². The summed E-state index contributed by atoms with van der Waals surface area (Å²) in [6.07, 6.45) is 1.65. The molecule has 1 saturated heterocycles. The molecule has 0 aromatic heterocycles. The number of nitrogens with zero attached hydrogens (tertiary/aromatic N) is 1. The van der Waals surface area contributed by atoms with E-state index >= 15 is 0 Å². The van der Waals surface area contributed by atoms with Crippen molar-refractivity contribution in [3.8, 4) is 0 Å². The fraction of sp³-hybridized carbons (Fsp3) is 0.412. The van der Waals surface area contributed by atoms with E-state index in [2.05, 4.69) is 24.1 Å². The predicted octanol–water partition coefficient (Wildman–Crippen LogP) is -0.955. The van der Waals surface area contributed by atoms with E-state index in [-0.39, 0.29) is 0 Å². The Bertz CT molecular complexity index is 573. The molecule has 2 rings (SSSR count). The average Bonchev–Trinajstić information content (AvgIpc) is 2.54. The van der Waals surface area contributed by atoms with Gasteiger partial charge in [0.1, 0.15) is 0 Å². The van der Waals surface area contributed by atoms with Gasteiger partial charge in [-0.05, 0) is 44.2 Å². The van der Waals surface area contributed by atoms with Crippen LogP contribution in [0.15, 0.2) is 36.4 Å². The molecule has 0 spiro atoms. The Hall–Kier alpha value is -2.34. The third kappa shape index (κ3) is 5.10. The normalized spacial score (nSPS) is 16.0. The Morgan fingerprint density at radius 2 is 1.78 bits per heavy atom. The van der Waals surface area contributed by atoms with Crippen molar-refractivity contribution in [3.63, 3.8) is 0 Å². The highest BCUT2D eigenvalue weighted by Crippen LogP contribution is 2.18. The van der Waals surface area contributed by atoms with Crippen LogP contribution >= 0.6 is 0 Å². The number of carboxylic acids is 1. The van der Waals surface area contributed by atoms with Crippen LogP contribution in [0.5, 0.6) is 0 Å². The van der Waals surface area contributed by atoms with E-state index < -0.39 is 11.9 Å². The first-order chi connectivity index (χ1) is 11.0. The van der Waals surface area contributed by atoms with Crippen LogP contribution in [-0.2, 0) is 9.59 Å². The summed E-state index contributed by atoms with van der Waals surface area (Å²) in [5.74, 6) is -1.88. The van der Waals surface area contributed by atoms with Crippen LogP contribution in [0, 0.1) is 0 Å². The number of quaternary nitrogens is 1. The quantitative estimate of drug-likeness (QED) is 0.686. The van der Waals surface area contributed by atoms with E-state index in [1.807, 2.05) is 24.3 Å². The van der Waals surface area contributed by atoms with Crippen LogP contribution < -0.4 is 20.2 Å². The van der Waals surface area contributed by atoms with Gasteiger partial charge in [-0.15, -0.1) is 0 Å². The molecule has 0 unspecified atom stereocenters. The van der Waals surface area contributed by atoms with E-state index in [1.54, 1.807) is 4.90 Å². The van der Waals surface area contributed by atoms with Gasteiger partial charge in [-0.25, -0.2) is 0 Å². The summed E-state index contributed by atoms with van der Waals surface area (Å²) in [5, 5.41) is 12.9. The lowest BCUT2D eigenvalue weighted by Gasteiger charge is -2.35. The Morgan fingerprint density at radius 1 is 1.17 bits per heavy atom. The van der Waals surface area contributed by atoms with Crippen molar-refractivity contribution in [1.82, 2.24) is 0 Å². The zero-order valence-corrected chi connectivity index (χ0v) is 13.5. The molecule has 6 nitrogen and oxygen atoms in total. The zero-order chi connectivity index (χ0) is 16.8. The van der Waals surface area contributed by atoms with E-state index in [0.29, 0.717) is 17.8 Å². The second-order valence-electron chi connectivity index (χ2n) is 5.99. The standard InChI is InChI=1S/C17H23N3O3/c1-13(2)19-9-11-20(12-10-19)15-5-3-14(4-6-15)18-16(21)7-8-17(22)23/h3-8,13H,9-12H2,1-2H3,(H,18,21)(H,22,23)/b8-7-. The second kappa shape index (κ2) is 7.78. The molecule has 2 N–H and O–H groups in total. The number of amides is 1. The van der Waals surface area contributed by atoms with Gasteiger partial charge in [0, 0.05) is 17.5 Å². The maximum Gasteiger partial charge on any atom is 0.248 e. The molecular formula is C17H23N3O3. The van der Waals surface area contributed by atoms with Gasteiger partial charge in [-0.3, -0.25) is 4.79 Å². The van der Waals surface area contributed by atoms with Crippen LogP contribution in [0.25, 0.3) is 0 Å². The van der Waals surface area contributed by atoms with E-state index in [9.17, 15) is 14.7 Å². The number of benzene rings is 1. The Kier molecular flexibility index (Phi) is 5.76. The van der Waals surface area contributed by atoms with Crippen molar-refractivity contribution >= 4 is 23.3 Å². The first kappa shape index (κ1) is 17.0. The van der Waals surface area contributed by atoms with E-state index in [1.165, 1.54) is 0 Å². The fourth-order valence-electron chi connectivity index (χ4n) is 2.71.